The molecule has 0 amide bonds. The number of ether oxygens (including phenoxy) is 1. The van der Waals surface area contributed by atoms with Gasteiger partial charge >= 0.3 is 0 Å². The van der Waals surface area contributed by atoms with Gasteiger partial charge in [-0.25, -0.2) is 0 Å². The highest BCUT2D eigenvalue weighted by Crippen LogP contribution is 2.25. The minimum Gasteiger partial charge on any atom is -0.494 e. The van der Waals surface area contributed by atoms with E-state index in [0.29, 0.717) is 13.0 Å². The van der Waals surface area contributed by atoms with Crippen molar-refractivity contribution in [2.75, 3.05) is 46.4 Å². The van der Waals surface area contributed by atoms with Crippen LogP contribution in [0.2, 0.25) is 0 Å². The van der Waals surface area contributed by atoms with Crippen LogP contribution in [0, 0.1) is 13.8 Å². The molecule has 0 aliphatic carbocycles. The predicted octanol–water partition coefficient (Wildman–Crippen LogP) is 2.52. The molecule has 1 saturated heterocycles. The van der Waals surface area contributed by atoms with Gasteiger partial charge in [0.2, 0.25) is 0 Å². The van der Waals surface area contributed by atoms with Gasteiger partial charge in [-0.3, -0.25) is 4.79 Å². The van der Waals surface area contributed by atoms with Gasteiger partial charge in [0.05, 0.1) is 6.61 Å². The molecule has 1 aliphatic rings. The first kappa shape index (κ1) is 17.0. The van der Waals surface area contributed by atoms with Crippen LogP contribution in [0.15, 0.2) is 12.1 Å². The lowest BCUT2D eigenvalue weighted by Gasteiger charge is -2.32. The number of nitrogens with zero attached hydrogens (tertiary/aromatic N) is 2. The number of Topliss-reactive ketones (excluding diaryl/α,β-unsaturated/α-hetero) is 1. The fraction of sp³-hybridized carbons (Fsp3) is 0.611. The molecule has 0 saturated carbocycles. The van der Waals surface area contributed by atoms with Crippen molar-refractivity contribution in [2.45, 2.75) is 27.2 Å². The molecule has 0 radical (unpaired) electrons. The highest BCUT2D eigenvalue weighted by molar-refractivity contribution is 5.98. The largest absolute Gasteiger partial charge is 0.494 e. The molecule has 4 heteroatoms. The Hall–Kier alpha value is -1.39. The molecule has 2 rings (SSSR count). The van der Waals surface area contributed by atoms with Crippen molar-refractivity contribution in [1.29, 1.82) is 0 Å². The van der Waals surface area contributed by atoms with Crippen LogP contribution >= 0.6 is 0 Å². The summed E-state index contributed by atoms with van der Waals surface area (Å²) >= 11 is 0. The van der Waals surface area contributed by atoms with E-state index in [4.69, 9.17) is 4.74 Å². The van der Waals surface area contributed by atoms with Gasteiger partial charge in [0.15, 0.2) is 5.78 Å². The molecule has 1 aliphatic heterocycles. The van der Waals surface area contributed by atoms with Crippen LogP contribution in [0.3, 0.4) is 0 Å². The Balaban J connectivity index is 1.96. The zero-order valence-electron chi connectivity index (χ0n) is 14.3. The van der Waals surface area contributed by atoms with Crippen LogP contribution < -0.4 is 4.74 Å². The Morgan fingerprint density at radius 3 is 2.45 bits per heavy atom. The highest BCUT2D eigenvalue weighted by Gasteiger charge is 2.17. The SMILES string of the molecule is CCOc1ccc(C(=O)CCN2CCN(C)CC2)c(C)c1C. The molecular weight excluding hydrogens is 276 g/mol. The average molecular weight is 304 g/mol. The molecule has 0 spiro atoms. The Bertz CT molecular complexity index is 520. The maximum absolute atomic E-state index is 12.5. The van der Waals surface area contributed by atoms with Crippen LogP contribution in [-0.2, 0) is 0 Å². The van der Waals surface area contributed by atoms with Crippen LogP contribution in [0.25, 0.3) is 0 Å². The summed E-state index contributed by atoms with van der Waals surface area (Å²) in [6, 6.07) is 3.84. The van der Waals surface area contributed by atoms with Gasteiger partial charge in [-0.15, -0.1) is 0 Å². The van der Waals surface area contributed by atoms with Crippen molar-refractivity contribution in [3.05, 3.63) is 28.8 Å². The van der Waals surface area contributed by atoms with E-state index in [9.17, 15) is 4.79 Å². The van der Waals surface area contributed by atoms with E-state index < -0.39 is 0 Å². The fourth-order valence-electron chi connectivity index (χ4n) is 2.88. The molecule has 1 fully saturated rings. The molecule has 0 atom stereocenters. The molecule has 22 heavy (non-hydrogen) atoms. The summed E-state index contributed by atoms with van der Waals surface area (Å²) in [6.45, 7) is 11.8. The summed E-state index contributed by atoms with van der Waals surface area (Å²) in [5.74, 6) is 1.12. The van der Waals surface area contributed by atoms with Crippen molar-refractivity contribution >= 4 is 5.78 Å². The second kappa shape index (κ2) is 7.75. The molecule has 0 unspecified atom stereocenters. The molecule has 0 aromatic heterocycles. The summed E-state index contributed by atoms with van der Waals surface area (Å²) in [6.07, 6.45) is 0.595. The number of likely N-dealkylation sites (N-methyl/N-ethyl adjacent to an activating group) is 1. The van der Waals surface area contributed by atoms with Crippen LogP contribution in [0.4, 0.5) is 0 Å². The van der Waals surface area contributed by atoms with Gasteiger partial charge in [0.25, 0.3) is 0 Å². The molecule has 1 aromatic carbocycles. The van der Waals surface area contributed by atoms with Crippen molar-refractivity contribution < 1.29 is 9.53 Å². The number of benzene rings is 1. The Morgan fingerprint density at radius 2 is 1.82 bits per heavy atom. The van der Waals surface area contributed by atoms with Crippen LogP contribution in [0.5, 0.6) is 5.75 Å². The molecule has 0 bridgehead atoms. The molecule has 1 aromatic rings. The summed E-state index contributed by atoms with van der Waals surface area (Å²) < 4.78 is 5.59. The van der Waals surface area contributed by atoms with E-state index in [1.165, 1.54) is 0 Å². The third-order valence-corrected chi connectivity index (χ3v) is 4.59. The second-order valence-electron chi connectivity index (χ2n) is 6.11. The third kappa shape index (κ3) is 4.08. The van der Waals surface area contributed by atoms with E-state index in [0.717, 1.165) is 55.2 Å². The maximum atomic E-state index is 12.5. The van der Waals surface area contributed by atoms with Gasteiger partial charge in [-0.2, -0.15) is 0 Å². The minimum atomic E-state index is 0.238. The number of hydrogen-bond acceptors (Lipinski definition) is 4. The standard InChI is InChI=1S/C18H28N2O2/c1-5-22-18-7-6-16(14(2)15(18)3)17(21)8-9-20-12-10-19(4)11-13-20/h6-7H,5,8-13H2,1-4H3. The quantitative estimate of drug-likeness (QED) is 0.756. The summed E-state index contributed by atoms with van der Waals surface area (Å²) in [4.78, 5) is 17.2. The van der Waals surface area contributed by atoms with Crippen molar-refractivity contribution in [3.8, 4) is 5.75 Å². The predicted molar refractivity (Wildman–Crippen MR) is 90.0 cm³/mol. The molecule has 122 valence electrons. The molecule has 4 nitrogen and oxygen atoms in total. The lowest BCUT2D eigenvalue weighted by molar-refractivity contribution is 0.0941. The topological polar surface area (TPSA) is 32.8 Å². The van der Waals surface area contributed by atoms with E-state index in [-0.39, 0.29) is 5.78 Å². The molecule has 0 N–H and O–H groups in total. The van der Waals surface area contributed by atoms with Gasteiger partial charge in [0.1, 0.15) is 5.75 Å². The highest BCUT2D eigenvalue weighted by atomic mass is 16.5. The Kier molecular flexibility index (Phi) is 5.98. The molecule has 1 heterocycles. The van der Waals surface area contributed by atoms with Crippen molar-refractivity contribution in [2.24, 2.45) is 0 Å². The number of ketones is 1. The summed E-state index contributed by atoms with van der Waals surface area (Å²) in [7, 11) is 2.15. The normalized spacial score (nSPS) is 16.7. The number of hydrogen-bond donors (Lipinski definition) is 0. The van der Waals surface area contributed by atoms with Crippen LogP contribution in [0.1, 0.15) is 34.8 Å². The number of rotatable bonds is 6. The first-order chi connectivity index (χ1) is 10.5. The van der Waals surface area contributed by atoms with E-state index >= 15 is 0 Å². The lowest BCUT2D eigenvalue weighted by atomic mass is 9.97. The maximum Gasteiger partial charge on any atom is 0.164 e. The van der Waals surface area contributed by atoms with Gasteiger partial charge in [0, 0.05) is 44.7 Å². The second-order valence-corrected chi connectivity index (χ2v) is 6.11. The number of piperazine rings is 1. The molecular formula is C18H28N2O2. The summed E-state index contributed by atoms with van der Waals surface area (Å²) in [5, 5.41) is 0. The van der Waals surface area contributed by atoms with Crippen molar-refractivity contribution in [1.82, 2.24) is 9.80 Å². The zero-order valence-corrected chi connectivity index (χ0v) is 14.3. The van der Waals surface area contributed by atoms with Gasteiger partial charge < -0.3 is 14.5 Å². The Morgan fingerprint density at radius 1 is 1.14 bits per heavy atom. The van der Waals surface area contributed by atoms with Crippen molar-refractivity contribution in [3.63, 3.8) is 0 Å². The van der Waals surface area contributed by atoms with E-state index in [2.05, 4.69) is 16.8 Å². The first-order valence-electron chi connectivity index (χ1n) is 8.20. The van der Waals surface area contributed by atoms with Gasteiger partial charge in [-0.05, 0) is 51.1 Å². The summed E-state index contributed by atoms with van der Waals surface area (Å²) in [5.41, 5.74) is 2.97. The minimum absolute atomic E-state index is 0.238. The average Bonchev–Trinajstić information content (AvgIpc) is 2.51. The van der Waals surface area contributed by atoms with Crippen LogP contribution in [-0.4, -0.2) is 62.0 Å². The monoisotopic (exact) mass is 304 g/mol. The van der Waals surface area contributed by atoms with Gasteiger partial charge in [-0.1, -0.05) is 0 Å². The first-order valence-corrected chi connectivity index (χ1v) is 8.20. The lowest BCUT2D eigenvalue weighted by Crippen LogP contribution is -2.45. The smallest absolute Gasteiger partial charge is 0.164 e. The fourth-order valence-corrected chi connectivity index (χ4v) is 2.88. The van der Waals surface area contributed by atoms with E-state index in [1.54, 1.807) is 0 Å². The number of carbonyl (C=O) groups is 1. The third-order valence-electron chi connectivity index (χ3n) is 4.59. The Labute approximate surface area is 134 Å². The zero-order chi connectivity index (χ0) is 16.1. The number of carbonyl (C=O) groups excluding carboxylic acids is 1. The van der Waals surface area contributed by atoms with E-state index in [1.807, 2.05) is 32.9 Å².